The van der Waals surface area contributed by atoms with Crippen LogP contribution in [-0.4, -0.2) is 16.4 Å². The minimum Gasteiger partial charge on any atom is -0.325 e. The fourth-order valence-electron chi connectivity index (χ4n) is 0.958. The van der Waals surface area contributed by atoms with Crippen LogP contribution in [0.2, 0.25) is 0 Å². The third-order valence-corrected chi connectivity index (χ3v) is 3.85. The molecular formula is C11H19N3OS. The first-order valence-electron chi connectivity index (χ1n) is 5.17. The van der Waals surface area contributed by atoms with Gasteiger partial charge in [0, 0.05) is 16.6 Å². The zero-order chi connectivity index (χ0) is 12.6. The van der Waals surface area contributed by atoms with Gasteiger partial charge in [-0.05, 0) is 34.6 Å². The number of nitrogens with two attached hydrogens (primary N) is 1. The molecule has 3 N–H and O–H groups in total. The number of carbonyl (C=O) groups is 1. The van der Waals surface area contributed by atoms with E-state index in [-0.39, 0.29) is 5.91 Å². The summed E-state index contributed by atoms with van der Waals surface area (Å²) in [4.78, 5) is 17.2. The average molecular weight is 241 g/mol. The van der Waals surface area contributed by atoms with Crippen molar-refractivity contribution in [3.05, 3.63) is 11.1 Å². The predicted octanol–water partition coefficient (Wildman–Crippen LogP) is 2.15. The number of hydrogen-bond donors (Lipinski definition) is 2. The van der Waals surface area contributed by atoms with Crippen molar-refractivity contribution in [1.29, 1.82) is 0 Å². The van der Waals surface area contributed by atoms with E-state index in [0.717, 1.165) is 4.88 Å². The van der Waals surface area contributed by atoms with Gasteiger partial charge in [-0.2, -0.15) is 0 Å². The highest BCUT2D eigenvalue weighted by Gasteiger charge is 2.40. The Morgan fingerprint density at radius 2 is 2.00 bits per heavy atom. The number of anilines is 1. The number of carbonyl (C=O) groups excluding carboxylic acids is 1. The molecular weight excluding hydrogens is 222 g/mol. The van der Waals surface area contributed by atoms with Crippen LogP contribution in [0.5, 0.6) is 0 Å². The lowest BCUT2D eigenvalue weighted by Gasteiger charge is -2.36. The first-order chi connectivity index (χ1) is 7.14. The minimum absolute atomic E-state index is 0.102. The molecule has 0 saturated carbocycles. The lowest BCUT2D eigenvalue weighted by Crippen LogP contribution is -2.53. The molecule has 90 valence electrons. The van der Waals surface area contributed by atoms with Crippen molar-refractivity contribution < 1.29 is 4.79 Å². The van der Waals surface area contributed by atoms with Gasteiger partial charge in [-0.3, -0.25) is 4.79 Å². The molecule has 1 aromatic rings. The number of thiazole rings is 1. The predicted molar refractivity (Wildman–Crippen MR) is 67.5 cm³/mol. The molecule has 1 rings (SSSR count). The number of hydrogen-bond acceptors (Lipinski definition) is 4. The van der Waals surface area contributed by atoms with Gasteiger partial charge in [0.15, 0.2) is 5.13 Å². The highest BCUT2D eigenvalue weighted by molar-refractivity contribution is 7.15. The average Bonchev–Trinajstić information content (AvgIpc) is 2.49. The summed E-state index contributed by atoms with van der Waals surface area (Å²) in [7, 11) is 0. The van der Waals surface area contributed by atoms with Crippen molar-refractivity contribution in [3.63, 3.8) is 0 Å². The van der Waals surface area contributed by atoms with E-state index in [2.05, 4.69) is 10.3 Å². The molecule has 0 radical (unpaired) electrons. The molecule has 0 fully saturated rings. The Morgan fingerprint density at radius 1 is 1.44 bits per heavy atom. The summed E-state index contributed by atoms with van der Waals surface area (Å²) in [5.41, 5.74) is 4.77. The maximum absolute atomic E-state index is 12.1. The van der Waals surface area contributed by atoms with E-state index >= 15 is 0 Å². The molecule has 0 aliphatic carbocycles. The Balaban J connectivity index is 2.80. The summed E-state index contributed by atoms with van der Waals surface area (Å²) in [6, 6.07) is 0. The van der Waals surface area contributed by atoms with Gasteiger partial charge in [-0.25, -0.2) is 4.98 Å². The molecule has 4 nitrogen and oxygen atoms in total. The molecule has 5 heteroatoms. The van der Waals surface area contributed by atoms with E-state index in [1.165, 1.54) is 11.3 Å². The lowest BCUT2D eigenvalue weighted by molar-refractivity contribution is -0.126. The van der Waals surface area contributed by atoms with Gasteiger partial charge in [-0.15, -0.1) is 11.3 Å². The third kappa shape index (κ3) is 2.59. The van der Waals surface area contributed by atoms with Crippen LogP contribution in [0.1, 0.15) is 32.6 Å². The number of nitrogens with one attached hydrogen (secondary N) is 1. The smallest absolute Gasteiger partial charge is 0.233 e. The molecule has 0 saturated heterocycles. The second-order valence-corrected chi connectivity index (χ2v) is 6.31. The molecule has 1 aromatic heterocycles. The van der Waals surface area contributed by atoms with Crippen LogP contribution < -0.4 is 11.1 Å². The Bertz CT molecular complexity index is 390. The van der Waals surface area contributed by atoms with Crippen molar-refractivity contribution in [2.24, 2.45) is 11.1 Å². The highest BCUT2D eigenvalue weighted by atomic mass is 32.1. The van der Waals surface area contributed by atoms with Gasteiger partial charge < -0.3 is 11.1 Å². The summed E-state index contributed by atoms with van der Waals surface area (Å²) in [5.74, 6) is -0.102. The van der Waals surface area contributed by atoms with Crippen LogP contribution >= 0.6 is 11.3 Å². The first-order valence-corrected chi connectivity index (χ1v) is 5.99. The van der Waals surface area contributed by atoms with Crippen LogP contribution in [0.4, 0.5) is 5.13 Å². The maximum atomic E-state index is 12.1. The van der Waals surface area contributed by atoms with E-state index in [9.17, 15) is 4.79 Å². The monoisotopic (exact) mass is 241 g/mol. The Morgan fingerprint density at radius 3 is 2.38 bits per heavy atom. The molecule has 1 amide bonds. The lowest BCUT2D eigenvalue weighted by atomic mass is 9.74. The molecule has 0 spiro atoms. The quantitative estimate of drug-likeness (QED) is 0.852. The second-order valence-electron chi connectivity index (χ2n) is 5.08. The van der Waals surface area contributed by atoms with Gasteiger partial charge in [0.05, 0.1) is 5.41 Å². The number of rotatable bonds is 3. The molecule has 1 heterocycles. The van der Waals surface area contributed by atoms with Gasteiger partial charge in [0.1, 0.15) is 0 Å². The highest BCUT2D eigenvalue weighted by Crippen LogP contribution is 2.30. The van der Waals surface area contributed by atoms with Gasteiger partial charge >= 0.3 is 0 Å². The number of amides is 1. The third-order valence-electron chi connectivity index (χ3n) is 3.02. The summed E-state index contributed by atoms with van der Waals surface area (Å²) in [5, 5.41) is 3.42. The van der Waals surface area contributed by atoms with E-state index in [0.29, 0.717) is 5.13 Å². The first kappa shape index (κ1) is 13.1. The van der Waals surface area contributed by atoms with Crippen LogP contribution in [0.25, 0.3) is 0 Å². The molecule has 16 heavy (non-hydrogen) atoms. The maximum Gasteiger partial charge on any atom is 0.233 e. The standard InChI is InChI=1S/C11H19N3OS/c1-7-6-13-9(16-7)14-8(15)10(2,3)11(4,5)12/h6H,12H2,1-5H3,(H,13,14,15). The molecule has 0 atom stereocenters. The number of nitrogens with zero attached hydrogens (tertiary/aromatic N) is 1. The Hall–Kier alpha value is -0.940. The number of aromatic nitrogens is 1. The Kier molecular flexibility index (Phi) is 3.40. The zero-order valence-corrected chi connectivity index (χ0v) is 11.2. The Labute approximate surface area is 100 Å². The molecule has 0 unspecified atom stereocenters. The second kappa shape index (κ2) is 4.14. The van der Waals surface area contributed by atoms with E-state index in [4.69, 9.17) is 5.73 Å². The van der Waals surface area contributed by atoms with Crippen LogP contribution in [0, 0.1) is 12.3 Å². The summed E-state index contributed by atoms with van der Waals surface area (Å²) >= 11 is 1.46. The van der Waals surface area contributed by atoms with E-state index in [1.54, 1.807) is 6.20 Å². The SMILES string of the molecule is Cc1cnc(NC(=O)C(C)(C)C(C)(C)N)s1. The minimum atomic E-state index is -0.646. The molecule has 0 aliphatic rings. The van der Waals surface area contributed by atoms with Gasteiger partial charge in [0.25, 0.3) is 0 Å². The van der Waals surface area contributed by atoms with Crippen molar-refractivity contribution in [3.8, 4) is 0 Å². The van der Waals surface area contributed by atoms with Crippen molar-refractivity contribution >= 4 is 22.4 Å². The van der Waals surface area contributed by atoms with Crippen LogP contribution in [-0.2, 0) is 4.79 Å². The van der Waals surface area contributed by atoms with Crippen LogP contribution in [0.3, 0.4) is 0 Å². The van der Waals surface area contributed by atoms with Crippen molar-refractivity contribution in [2.75, 3.05) is 5.32 Å². The molecule has 0 aliphatic heterocycles. The van der Waals surface area contributed by atoms with Gasteiger partial charge in [-0.1, -0.05) is 0 Å². The van der Waals surface area contributed by atoms with E-state index < -0.39 is 11.0 Å². The van der Waals surface area contributed by atoms with Crippen molar-refractivity contribution in [2.45, 2.75) is 40.2 Å². The van der Waals surface area contributed by atoms with Crippen LogP contribution in [0.15, 0.2) is 6.20 Å². The summed E-state index contributed by atoms with van der Waals surface area (Å²) < 4.78 is 0. The molecule has 0 aromatic carbocycles. The zero-order valence-electron chi connectivity index (χ0n) is 10.4. The van der Waals surface area contributed by atoms with E-state index in [1.807, 2.05) is 34.6 Å². The number of aryl methyl sites for hydroxylation is 1. The fourth-order valence-corrected chi connectivity index (χ4v) is 1.62. The molecule has 0 bridgehead atoms. The largest absolute Gasteiger partial charge is 0.325 e. The van der Waals surface area contributed by atoms with Crippen molar-refractivity contribution in [1.82, 2.24) is 4.98 Å². The summed E-state index contributed by atoms with van der Waals surface area (Å²) in [6.07, 6.45) is 1.74. The topological polar surface area (TPSA) is 68.0 Å². The van der Waals surface area contributed by atoms with Gasteiger partial charge in [0.2, 0.25) is 5.91 Å². The summed E-state index contributed by atoms with van der Waals surface area (Å²) in [6.45, 7) is 9.32. The normalized spacial score (nSPS) is 12.6. The fraction of sp³-hybridized carbons (Fsp3) is 0.636.